The average Bonchev–Trinajstić information content (AvgIpc) is 3.27. The molecule has 1 saturated carbocycles. The van der Waals surface area contributed by atoms with Gasteiger partial charge in [-0.3, -0.25) is 4.79 Å². The summed E-state index contributed by atoms with van der Waals surface area (Å²) in [6.07, 6.45) is 1.79. The molecule has 1 aliphatic rings. The van der Waals surface area contributed by atoms with Gasteiger partial charge in [-0.2, -0.15) is 0 Å². The Hall–Kier alpha value is -2.24. The summed E-state index contributed by atoms with van der Waals surface area (Å²) >= 11 is 0. The molecular weight excluding hydrogens is 286 g/mol. The molecule has 2 N–H and O–H groups in total. The summed E-state index contributed by atoms with van der Waals surface area (Å²) in [7, 11) is 0. The van der Waals surface area contributed by atoms with Crippen molar-refractivity contribution in [3.8, 4) is 11.5 Å². The average molecular weight is 307 g/mol. The molecule has 0 saturated heterocycles. The molecule has 1 aromatic carbocycles. The molecule has 0 radical (unpaired) electrons. The standard InChI is InChI=1S/C16H21NO5/c1-3-9-22-12-6-5-11(10-13(12)21-4-2)14(18)17-16(7-8-16)15(19)20/h5-6,10H,3-4,7-9H2,1-2H3,(H,17,18)(H,19,20). The third-order valence-electron chi connectivity index (χ3n) is 3.48. The maximum atomic E-state index is 12.2. The topological polar surface area (TPSA) is 84.9 Å². The molecule has 0 heterocycles. The lowest BCUT2D eigenvalue weighted by molar-refractivity contribution is -0.140. The summed E-state index contributed by atoms with van der Waals surface area (Å²) in [6.45, 7) is 4.86. The second-order valence-corrected chi connectivity index (χ2v) is 5.28. The maximum absolute atomic E-state index is 12.2. The van der Waals surface area contributed by atoms with E-state index in [0.717, 1.165) is 6.42 Å². The van der Waals surface area contributed by atoms with Crippen molar-refractivity contribution < 1.29 is 24.2 Å². The van der Waals surface area contributed by atoms with E-state index in [1.54, 1.807) is 18.2 Å². The molecule has 1 aliphatic carbocycles. The molecule has 0 atom stereocenters. The summed E-state index contributed by atoms with van der Waals surface area (Å²) in [5.74, 6) is -0.333. The molecule has 0 unspecified atom stereocenters. The fraction of sp³-hybridized carbons (Fsp3) is 0.500. The Morgan fingerprint density at radius 2 is 1.95 bits per heavy atom. The SMILES string of the molecule is CCCOc1ccc(C(=O)NC2(C(=O)O)CC2)cc1OCC. The van der Waals surface area contributed by atoms with Crippen molar-refractivity contribution in [1.29, 1.82) is 0 Å². The van der Waals surface area contributed by atoms with Gasteiger partial charge in [0.2, 0.25) is 0 Å². The molecule has 120 valence electrons. The van der Waals surface area contributed by atoms with Crippen molar-refractivity contribution in [2.24, 2.45) is 0 Å². The number of carbonyl (C=O) groups is 2. The van der Waals surface area contributed by atoms with Crippen LogP contribution in [0.5, 0.6) is 11.5 Å². The van der Waals surface area contributed by atoms with Crippen LogP contribution in [0.2, 0.25) is 0 Å². The fourth-order valence-corrected chi connectivity index (χ4v) is 2.06. The monoisotopic (exact) mass is 307 g/mol. The second kappa shape index (κ2) is 6.68. The fourth-order valence-electron chi connectivity index (χ4n) is 2.06. The van der Waals surface area contributed by atoms with Gasteiger partial charge in [-0.05, 0) is 44.4 Å². The lowest BCUT2D eigenvalue weighted by Gasteiger charge is -2.15. The summed E-state index contributed by atoms with van der Waals surface area (Å²) in [5.41, 5.74) is -0.736. The van der Waals surface area contributed by atoms with E-state index in [2.05, 4.69) is 5.32 Å². The number of hydrogen-bond acceptors (Lipinski definition) is 4. The first kappa shape index (κ1) is 16.1. The Kier molecular flexibility index (Phi) is 4.90. The van der Waals surface area contributed by atoms with Crippen molar-refractivity contribution in [3.05, 3.63) is 23.8 Å². The zero-order valence-electron chi connectivity index (χ0n) is 12.8. The van der Waals surface area contributed by atoms with Gasteiger partial charge in [-0.25, -0.2) is 4.79 Å². The van der Waals surface area contributed by atoms with Crippen LogP contribution in [0.15, 0.2) is 18.2 Å². The molecule has 6 heteroatoms. The third-order valence-corrected chi connectivity index (χ3v) is 3.48. The lowest BCUT2D eigenvalue weighted by Crippen LogP contribution is -2.43. The second-order valence-electron chi connectivity index (χ2n) is 5.28. The van der Waals surface area contributed by atoms with E-state index in [1.807, 2.05) is 13.8 Å². The van der Waals surface area contributed by atoms with E-state index in [4.69, 9.17) is 14.6 Å². The highest BCUT2D eigenvalue weighted by atomic mass is 16.5. The summed E-state index contributed by atoms with van der Waals surface area (Å²) in [5, 5.41) is 11.7. The van der Waals surface area contributed by atoms with Gasteiger partial charge in [-0.15, -0.1) is 0 Å². The van der Waals surface area contributed by atoms with Crippen LogP contribution in [-0.2, 0) is 4.79 Å². The van der Waals surface area contributed by atoms with Crippen LogP contribution in [0.4, 0.5) is 0 Å². The first-order valence-electron chi connectivity index (χ1n) is 7.48. The molecule has 6 nitrogen and oxygen atoms in total. The van der Waals surface area contributed by atoms with Gasteiger partial charge in [0, 0.05) is 5.56 Å². The van der Waals surface area contributed by atoms with Gasteiger partial charge in [0.25, 0.3) is 5.91 Å². The van der Waals surface area contributed by atoms with Crippen LogP contribution in [-0.4, -0.2) is 35.7 Å². The minimum absolute atomic E-state index is 0.361. The number of rotatable bonds is 8. The Bertz CT molecular complexity index is 566. The zero-order chi connectivity index (χ0) is 16.2. The van der Waals surface area contributed by atoms with Crippen molar-refractivity contribution in [2.75, 3.05) is 13.2 Å². The highest BCUT2D eigenvalue weighted by Gasteiger charge is 2.51. The Labute approximate surface area is 129 Å². The summed E-state index contributed by atoms with van der Waals surface area (Å²) in [6, 6.07) is 4.87. The molecule has 0 aliphatic heterocycles. The smallest absolute Gasteiger partial charge is 0.329 e. The van der Waals surface area contributed by atoms with Crippen LogP contribution in [0.3, 0.4) is 0 Å². The quantitative estimate of drug-likeness (QED) is 0.769. The summed E-state index contributed by atoms with van der Waals surface area (Å²) in [4.78, 5) is 23.3. The van der Waals surface area contributed by atoms with E-state index < -0.39 is 17.4 Å². The number of carboxylic acid groups (broad SMARTS) is 1. The first-order chi connectivity index (χ1) is 10.5. The number of amides is 1. The Morgan fingerprint density at radius 3 is 2.50 bits per heavy atom. The van der Waals surface area contributed by atoms with Crippen LogP contribution < -0.4 is 14.8 Å². The predicted octanol–water partition coefficient (Wildman–Crippen LogP) is 2.22. The molecule has 1 fully saturated rings. The van der Waals surface area contributed by atoms with Gasteiger partial charge in [-0.1, -0.05) is 6.92 Å². The van der Waals surface area contributed by atoms with Gasteiger partial charge in [0.05, 0.1) is 13.2 Å². The number of ether oxygens (including phenoxy) is 2. The summed E-state index contributed by atoms with van der Waals surface area (Å²) < 4.78 is 11.1. The molecule has 1 aromatic rings. The van der Waals surface area contributed by atoms with Crippen LogP contribution in [0, 0.1) is 0 Å². The van der Waals surface area contributed by atoms with Crippen molar-refractivity contribution in [2.45, 2.75) is 38.6 Å². The molecule has 22 heavy (non-hydrogen) atoms. The molecule has 0 bridgehead atoms. The number of benzene rings is 1. The Morgan fingerprint density at radius 1 is 1.23 bits per heavy atom. The van der Waals surface area contributed by atoms with Crippen molar-refractivity contribution in [1.82, 2.24) is 5.32 Å². The van der Waals surface area contributed by atoms with E-state index in [9.17, 15) is 9.59 Å². The van der Waals surface area contributed by atoms with E-state index >= 15 is 0 Å². The molecule has 0 aromatic heterocycles. The van der Waals surface area contributed by atoms with Crippen LogP contribution >= 0.6 is 0 Å². The first-order valence-corrected chi connectivity index (χ1v) is 7.48. The van der Waals surface area contributed by atoms with E-state index in [0.29, 0.717) is 43.1 Å². The molecule has 0 spiro atoms. The third kappa shape index (κ3) is 3.50. The van der Waals surface area contributed by atoms with E-state index in [1.165, 1.54) is 0 Å². The minimum Gasteiger partial charge on any atom is -0.490 e. The number of hydrogen-bond donors (Lipinski definition) is 2. The molecular formula is C16H21NO5. The normalized spacial score (nSPS) is 15.0. The largest absolute Gasteiger partial charge is 0.490 e. The lowest BCUT2D eigenvalue weighted by atomic mass is 10.1. The highest BCUT2D eigenvalue weighted by Crippen LogP contribution is 2.36. The van der Waals surface area contributed by atoms with Gasteiger partial charge < -0.3 is 19.9 Å². The molecule has 2 rings (SSSR count). The number of aliphatic carboxylic acids is 1. The minimum atomic E-state index is -1.10. The predicted molar refractivity (Wildman–Crippen MR) is 80.5 cm³/mol. The van der Waals surface area contributed by atoms with E-state index in [-0.39, 0.29) is 0 Å². The van der Waals surface area contributed by atoms with Gasteiger partial charge in [0.1, 0.15) is 5.54 Å². The van der Waals surface area contributed by atoms with Crippen LogP contribution in [0.25, 0.3) is 0 Å². The van der Waals surface area contributed by atoms with Crippen molar-refractivity contribution >= 4 is 11.9 Å². The van der Waals surface area contributed by atoms with Gasteiger partial charge >= 0.3 is 5.97 Å². The Balaban J connectivity index is 2.15. The van der Waals surface area contributed by atoms with Gasteiger partial charge in [0.15, 0.2) is 11.5 Å². The van der Waals surface area contributed by atoms with Crippen molar-refractivity contribution in [3.63, 3.8) is 0 Å². The molecule has 1 amide bonds. The maximum Gasteiger partial charge on any atom is 0.329 e. The van der Waals surface area contributed by atoms with Crippen LogP contribution in [0.1, 0.15) is 43.5 Å². The number of carboxylic acids is 1. The highest BCUT2D eigenvalue weighted by molar-refractivity contribution is 5.99. The zero-order valence-corrected chi connectivity index (χ0v) is 12.8. The number of nitrogens with one attached hydrogen (secondary N) is 1. The number of carbonyl (C=O) groups excluding carboxylic acids is 1.